The van der Waals surface area contributed by atoms with Crippen molar-refractivity contribution in [3.8, 4) is 0 Å². The van der Waals surface area contributed by atoms with Gasteiger partial charge in [0.1, 0.15) is 6.04 Å². The van der Waals surface area contributed by atoms with Crippen molar-refractivity contribution in [2.45, 2.75) is 38.4 Å². The highest BCUT2D eigenvalue weighted by Crippen LogP contribution is 2.33. The molecular formula is C22H22N4O3. The highest BCUT2D eigenvalue weighted by atomic mass is 16.2. The molecule has 3 aliphatic heterocycles. The molecule has 0 aromatic heterocycles. The van der Waals surface area contributed by atoms with Gasteiger partial charge in [-0.25, -0.2) is 0 Å². The first kappa shape index (κ1) is 17.7. The molecule has 2 aromatic carbocycles. The zero-order valence-corrected chi connectivity index (χ0v) is 16.0. The van der Waals surface area contributed by atoms with Gasteiger partial charge in [-0.05, 0) is 35.6 Å². The van der Waals surface area contributed by atoms with Crippen molar-refractivity contribution < 1.29 is 14.4 Å². The Morgan fingerprint density at radius 2 is 1.86 bits per heavy atom. The number of fused-ring (bicyclic) bond motifs is 2. The van der Waals surface area contributed by atoms with Gasteiger partial charge in [-0.15, -0.1) is 0 Å². The predicted octanol–water partition coefficient (Wildman–Crippen LogP) is 2.03. The SMILES string of the molecule is O=C1CCC(N2Cc3cccc(CNc4cccc5c4NCC5)c3C2=O)C(=O)N1. The minimum Gasteiger partial charge on any atom is -0.383 e. The first-order valence-corrected chi connectivity index (χ1v) is 9.97. The first-order valence-electron chi connectivity index (χ1n) is 9.97. The molecule has 1 unspecified atom stereocenters. The average Bonchev–Trinajstić information content (AvgIpc) is 3.32. The molecule has 5 rings (SSSR count). The van der Waals surface area contributed by atoms with Gasteiger partial charge in [-0.3, -0.25) is 19.7 Å². The molecule has 2 aromatic rings. The number of anilines is 2. The van der Waals surface area contributed by atoms with Gasteiger partial charge in [0, 0.05) is 31.6 Å². The molecule has 0 spiro atoms. The number of para-hydroxylation sites is 1. The van der Waals surface area contributed by atoms with E-state index in [0.717, 1.165) is 35.5 Å². The van der Waals surface area contributed by atoms with Gasteiger partial charge in [0.05, 0.1) is 11.4 Å². The van der Waals surface area contributed by atoms with E-state index in [1.165, 1.54) is 5.56 Å². The Morgan fingerprint density at radius 3 is 2.72 bits per heavy atom. The van der Waals surface area contributed by atoms with Crippen molar-refractivity contribution >= 4 is 29.1 Å². The molecule has 148 valence electrons. The maximum Gasteiger partial charge on any atom is 0.255 e. The molecule has 3 aliphatic rings. The lowest BCUT2D eigenvalue weighted by Gasteiger charge is -2.29. The van der Waals surface area contributed by atoms with E-state index in [4.69, 9.17) is 0 Å². The third kappa shape index (κ3) is 3.03. The number of hydrogen-bond acceptors (Lipinski definition) is 5. The van der Waals surface area contributed by atoms with Gasteiger partial charge >= 0.3 is 0 Å². The molecule has 7 nitrogen and oxygen atoms in total. The third-order valence-corrected chi connectivity index (χ3v) is 5.95. The summed E-state index contributed by atoms with van der Waals surface area (Å²) < 4.78 is 0. The number of benzene rings is 2. The maximum atomic E-state index is 13.2. The molecule has 1 fully saturated rings. The van der Waals surface area contributed by atoms with E-state index in [2.05, 4.69) is 22.0 Å². The van der Waals surface area contributed by atoms with Crippen LogP contribution in [0.25, 0.3) is 0 Å². The minimum atomic E-state index is -0.588. The van der Waals surface area contributed by atoms with Crippen LogP contribution in [0.2, 0.25) is 0 Å². The summed E-state index contributed by atoms with van der Waals surface area (Å²) in [5.41, 5.74) is 5.98. The van der Waals surface area contributed by atoms with Gasteiger partial charge in [-0.2, -0.15) is 0 Å². The Balaban J connectivity index is 1.37. The lowest BCUT2D eigenvalue weighted by Crippen LogP contribution is -2.52. The summed E-state index contributed by atoms with van der Waals surface area (Å²) in [7, 11) is 0. The van der Waals surface area contributed by atoms with Crippen LogP contribution in [0, 0.1) is 0 Å². The van der Waals surface area contributed by atoms with Crippen molar-refractivity contribution in [2.75, 3.05) is 17.2 Å². The molecule has 3 heterocycles. The number of hydrogen-bond donors (Lipinski definition) is 3. The molecule has 3 amide bonds. The van der Waals surface area contributed by atoms with Gasteiger partial charge in [0.15, 0.2) is 0 Å². The summed E-state index contributed by atoms with van der Waals surface area (Å²) in [5.74, 6) is -0.791. The molecule has 0 saturated carbocycles. The largest absolute Gasteiger partial charge is 0.383 e. The molecule has 3 N–H and O–H groups in total. The summed E-state index contributed by atoms with van der Waals surface area (Å²) >= 11 is 0. The molecule has 0 aliphatic carbocycles. The maximum absolute atomic E-state index is 13.2. The quantitative estimate of drug-likeness (QED) is 0.695. The van der Waals surface area contributed by atoms with Crippen molar-refractivity contribution in [3.05, 3.63) is 58.7 Å². The minimum absolute atomic E-state index is 0.136. The van der Waals surface area contributed by atoms with Gasteiger partial charge in [0.2, 0.25) is 11.8 Å². The van der Waals surface area contributed by atoms with E-state index in [9.17, 15) is 14.4 Å². The van der Waals surface area contributed by atoms with Gasteiger partial charge < -0.3 is 15.5 Å². The number of amides is 3. The van der Waals surface area contributed by atoms with Crippen LogP contribution in [0.4, 0.5) is 11.4 Å². The highest BCUT2D eigenvalue weighted by Gasteiger charge is 2.39. The number of piperidine rings is 1. The molecule has 0 radical (unpaired) electrons. The Hall–Kier alpha value is -3.35. The van der Waals surface area contributed by atoms with E-state index in [-0.39, 0.29) is 24.1 Å². The normalized spacial score (nSPS) is 20.2. The van der Waals surface area contributed by atoms with Crippen LogP contribution in [0.5, 0.6) is 0 Å². The van der Waals surface area contributed by atoms with Gasteiger partial charge in [0.25, 0.3) is 5.91 Å². The van der Waals surface area contributed by atoms with Crippen LogP contribution in [-0.2, 0) is 29.1 Å². The fourth-order valence-electron chi connectivity index (χ4n) is 4.51. The average molecular weight is 390 g/mol. The zero-order chi connectivity index (χ0) is 20.0. The molecule has 1 atom stereocenters. The van der Waals surface area contributed by atoms with E-state index >= 15 is 0 Å². The summed E-state index contributed by atoms with van der Waals surface area (Å²) in [6.45, 7) is 1.86. The summed E-state index contributed by atoms with van der Waals surface area (Å²) in [4.78, 5) is 38.4. The first-order chi connectivity index (χ1) is 14.1. The van der Waals surface area contributed by atoms with Gasteiger partial charge in [-0.1, -0.05) is 30.3 Å². The Kier molecular flexibility index (Phi) is 4.23. The molecule has 1 saturated heterocycles. The summed E-state index contributed by atoms with van der Waals surface area (Å²) in [5, 5.41) is 9.23. The number of nitrogens with zero attached hydrogens (tertiary/aromatic N) is 1. The molecule has 7 heteroatoms. The summed E-state index contributed by atoms with van der Waals surface area (Å²) in [6, 6.07) is 11.5. The zero-order valence-electron chi connectivity index (χ0n) is 16.0. The molecular weight excluding hydrogens is 368 g/mol. The second-order valence-electron chi connectivity index (χ2n) is 7.72. The fourth-order valence-corrected chi connectivity index (χ4v) is 4.51. The van der Waals surface area contributed by atoms with Crippen molar-refractivity contribution in [1.82, 2.24) is 10.2 Å². The van der Waals surface area contributed by atoms with Crippen molar-refractivity contribution in [2.24, 2.45) is 0 Å². The van der Waals surface area contributed by atoms with Crippen LogP contribution in [0.15, 0.2) is 36.4 Å². The number of nitrogens with one attached hydrogen (secondary N) is 3. The lowest BCUT2D eigenvalue weighted by molar-refractivity contribution is -0.136. The fraction of sp³-hybridized carbons (Fsp3) is 0.318. The molecule has 29 heavy (non-hydrogen) atoms. The number of carbonyl (C=O) groups excluding carboxylic acids is 3. The monoisotopic (exact) mass is 390 g/mol. The van der Waals surface area contributed by atoms with Crippen molar-refractivity contribution in [1.29, 1.82) is 0 Å². The topological polar surface area (TPSA) is 90.5 Å². The van der Waals surface area contributed by atoms with E-state index in [1.54, 1.807) is 4.90 Å². The van der Waals surface area contributed by atoms with E-state index in [1.807, 2.05) is 30.3 Å². The van der Waals surface area contributed by atoms with Crippen LogP contribution in [0.3, 0.4) is 0 Å². The smallest absolute Gasteiger partial charge is 0.255 e. The number of imide groups is 1. The van der Waals surface area contributed by atoms with Crippen molar-refractivity contribution in [3.63, 3.8) is 0 Å². The summed E-state index contributed by atoms with van der Waals surface area (Å²) in [6.07, 6.45) is 1.65. The predicted molar refractivity (Wildman–Crippen MR) is 108 cm³/mol. The van der Waals surface area contributed by atoms with Crippen LogP contribution >= 0.6 is 0 Å². The highest BCUT2D eigenvalue weighted by molar-refractivity contribution is 6.06. The Bertz CT molecular complexity index is 1030. The number of carbonyl (C=O) groups is 3. The standard InChI is InChI=1S/C22H22N4O3/c27-18-8-7-17(21(28)25-18)26-12-15-5-1-4-14(19(15)22(26)29)11-24-16-6-2-3-13-9-10-23-20(13)16/h1-6,17,23-24H,7-12H2,(H,25,27,28). The second kappa shape index (κ2) is 6.92. The third-order valence-electron chi connectivity index (χ3n) is 5.95. The van der Waals surface area contributed by atoms with E-state index < -0.39 is 6.04 Å². The number of rotatable bonds is 4. The van der Waals surface area contributed by atoms with Crippen LogP contribution in [0.1, 0.15) is 39.9 Å². The van der Waals surface area contributed by atoms with Crippen LogP contribution < -0.4 is 16.0 Å². The Morgan fingerprint density at radius 1 is 1.03 bits per heavy atom. The van der Waals surface area contributed by atoms with E-state index in [0.29, 0.717) is 25.1 Å². The Labute approximate surface area is 168 Å². The van der Waals surface area contributed by atoms with Crippen LogP contribution in [-0.4, -0.2) is 35.2 Å². The second-order valence-corrected chi connectivity index (χ2v) is 7.72. The lowest BCUT2D eigenvalue weighted by atomic mass is 10.0. The molecule has 0 bridgehead atoms.